The highest BCUT2D eigenvalue weighted by Crippen LogP contribution is 2.61. The van der Waals surface area contributed by atoms with Gasteiger partial charge in [0.15, 0.2) is 48.9 Å². The van der Waals surface area contributed by atoms with Gasteiger partial charge >= 0.3 is 18.0 Å². The molecule has 29 atom stereocenters. The largest absolute Gasteiger partial charge is 0.762 e. The number of esters is 2. The molecule has 7 fully saturated rings. The van der Waals surface area contributed by atoms with Crippen LogP contribution in [0.15, 0.2) is 70.6 Å². The molecule has 0 radical (unpaired) electrons. The molecule has 96 heavy (non-hydrogen) atoms. The summed E-state index contributed by atoms with van der Waals surface area (Å²) in [4.78, 5) is 68.3. The average Bonchev–Trinajstić information content (AvgIpc) is 1.48. The van der Waals surface area contributed by atoms with Crippen molar-refractivity contribution in [3.63, 3.8) is 0 Å². The van der Waals surface area contributed by atoms with Crippen LogP contribution < -0.4 is 5.32 Å². The van der Waals surface area contributed by atoms with Crippen molar-refractivity contribution in [2.24, 2.45) is 40.9 Å². The molecule has 6 heterocycles. The Morgan fingerprint density at radius 2 is 1.34 bits per heavy atom. The smallest absolute Gasteiger partial charge is 0.407 e. The quantitative estimate of drug-likeness (QED) is 0.0235. The Kier molecular flexibility index (Phi) is 22.9. The highest BCUT2D eigenvalue weighted by atomic mass is 16.8. The SMILES string of the molecule is COC(=O)N[C@H]1[C@@H](C)O[C@@H](O[C@H]2C/C=C(\C)[C@@H]3C=C[C@@H]4[C@@H](O[C@H]5C[C@@H](O[C@H]6CC[C@@H](O[C@@H]7C[C@@H](O)[C@@H](O[C@H]8CC[C@@H](O)[C@H](C)O8)[C@H](C)O7)[C@H](C)O6)[C@@H](OC(C)=O)[C@H](C)O5)[C@@H](C)C[C@H](C)[C@H]4[C@]3(C)C(O)=C3C(=O)O[C@]4(CC(/C=C/C(C)=O)=C[C@H](O)[C@H]4C=C2C)C3=O)C[C@]1(C)N([O-])O. The highest BCUT2D eigenvalue weighted by Gasteiger charge is 2.65. The molecule has 10 aliphatic rings. The van der Waals surface area contributed by atoms with Crippen molar-refractivity contribution < 1.29 is 111 Å². The number of carbonyl (C=O) groups is 5. The second kappa shape index (κ2) is 29.8. The summed E-state index contributed by atoms with van der Waals surface area (Å²) in [6, 6.07) is -1.06. The lowest BCUT2D eigenvalue weighted by Gasteiger charge is -2.56. The fourth-order valence-electron chi connectivity index (χ4n) is 17.2. The van der Waals surface area contributed by atoms with Crippen molar-refractivity contribution in [1.29, 1.82) is 0 Å². The molecule has 10 rings (SSSR count). The average molecular weight is 1350 g/mol. The minimum atomic E-state index is -2.14. The van der Waals surface area contributed by atoms with E-state index in [1.165, 1.54) is 46.1 Å². The molecule has 0 aromatic carbocycles. The molecule has 536 valence electrons. The molecule has 1 saturated carbocycles. The minimum absolute atomic E-state index is 0.113. The zero-order valence-corrected chi connectivity index (χ0v) is 57.6. The summed E-state index contributed by atoms with van der Waals surface area (Å²) in [5.41, 5.74) is -4.30. The van der Waals surface area contributed by atoms with E-state index >= 15 is 4.79 Å². The van der Waals surface area contributed by atoms with E-state index in [2.05, 4.69) is 25.2 Å². The zero-order chi connectivity index (χ0) is 69.8. The van der Waals surface area contributed by atoms with Crippen LogP contribution >= 0.6 is 0 Å². The number of methoxy groups -OCH3 is 1. The summed E-state index contributed by atoms with van der Waals surface area (Å²) >= 11 is 0. The maximum Gasteiger partial charge on any atom is 0.407 e. The molecule has 26 nitrogen and oxygen atoms in total. The molecule has 0 aromatic heterocycles. The van der Waals surface area contributed by atoms with Crippen LogP contribution in [-0.2, 0) is 80.8 Å². The number of nitrogens with zero attached hydrogens (tertiary/aromatic N) is 1. The number of amides is 1. The van der Waals surface area contributed by atoms with Gasteiger partial charge in [-0.3, -0.25) is 19.6 Å². The zero-order valence-electron chi connectivity index (χ0n) is 57.6. The van der Waals surface area contributed by atoms with Crippen LogP contribution in [0.25, 0.3) is 0 Å². The first-order chi connectivity index (χ1) is 45.3. The number of alkyl carbamates (subject to hydrolysis) is 1. The first kappa shape index (κ1) is 73.9. The molecule has 1 amide bonds. The van der Waals surface area contributed by atoms with E-state index in [1.807, 2.05) is 39.8 Å². The fourth-order valence-corrected chi connectivity index (χ4v) is 17.2. The molecule has 4 aliphatic carbocycles. The molecule has 0 unspecified atom stereocenters. The van der Waals surface area contributed by atoms with Gasteiger partial charge in [-0.15, -0.1) is 0 Å². The van der Waals surface area contributed by atoms with Crippen LogP contribution in [0, 0.1) is 46.1 Å². The van der Waals surface area contributed by atoms with Crippen molar-refractivity contribution in [3.8, 4) is 0 Å². The van der Waals surface area contributed by atoms with E-state index in [-0.39, 0.29) is 54.9 Å². The van der Waals surface area contributed by atoms with Crippen LogP contribution in [-0.4, -0.2) is 202 Å². The number of ketones is 2. The number of hydroxylamine groups is 2. The van der Waals surface area contributed by atoms with Crippen molar-refractivity contribution in [2.75, 3.05) is 7.11 Å². The molecule has 26 heteroatoms. The Balaban J connectivity index is 0.919. The van der Waals surface area contributed by atoms with E-state index in [0.29, 0.717) is 43.3 Å². The van der Waals surface area contributed by atoms with Gasteiger partial charge in [-0.25, -0.2) is 9.59 Å². The van der Waals surface area contributed by atoms with Crippen LogP contribution in [0.5, 0.6) is 0 Å². The number of allylic oxidation sites excluding steroid dienone is 5. The van der Waals surface area contributed by atoms with E-state index in [9.17, 15) is 50.0 Å². The Bertz CT molecular complexity index is 3040. The molecule has 6 aliphatic heterocycles. The number of ether oxygens (including phenoxy) is 13. The Morgan fingerprint density at radius 3 is 2.00 bits per heavy atom. The number of aliphatic hydroxyl groups is 4. The van der Waals surface area contributed by atoms with Crippen LogP contribution in [0.2, 0.25) is 0 Å². The standard InChI is InChI=1S/C70H101N2O24/c1-32-15-21-50(91-57-31-68(12,72(82)83)63(41(10)89-57)71-67(81)84-14)33(2)26-46-48(76)27-43(17-16-36(5)73)30-70(46)65(79)58(66(80)96-70)64(78)69(13)45(32)19-18-44-59(69)34(3)25-35(4)60(44)95-56-29-52(62(40(9)88-56)90-42(11)74)93-53-24-22-51(38(7)86-53)92-55-28-49(77)61(39(8)87-55)94-54-23-20-47(75)37(6)85-54/h15-19,26-27,34-35,37-41,44-57,59-63,75-78,82H,20-25,28-31H2,1-14H3,(H,71,81)/q-1/b17-16+,32-15+,33-26?,64-58?/t34-,35-,37-,38-,39-,40-,41+,44-,45-,46+,47+,48-,49+,50-,51+,52+,53-,54-,55+,56-,57-,59+,60-,61-,62-,63-,68-,69+,70-/m0/s1. The fraction of sp³-hybridized carbons (Fsp3) is 0.757. The molecular formula is C70H101N2O24-. The number of fused-ring (bicyclic) bond motifs is 4. The number of Topliss-reactive ketones (excluding diaryl/α,β-unsaturated/α-hetero) is 1. The summed E-state index contributed by atoms with van der Waals surface area (Å²) < 4.78 is 82.0. The third-order valence-electron chi connectivity index (χ3n) is 22.1. The van der Waals surface area contributed by atoms with Gasteiger partial charge in [-0.05, 0) is 123 Å². The van der Waals surface area contributed by atoms with E-state index in [0.717, 1.165) is 5.57 Å². The summed E-state index contributed by atoms with van der Waals surface area (Å²) in [5, 5.41) is 73.1. The van der Waals surface area contributed by atoms with Gasteiger partial charge in [-0.1, -0.05) is 62.8 Å². The predicted molar refractivity (Wildman–Crippen MR) is 339 cm³/mol. The van der Waals surface area contributed by atoms with E-state index in [1.54, 1.807) is 33.8 Å². The van der Waals surface area contributed by atoms with Crippen molar-refractivity contribution in [2.45, 2.75) is 288 Å². The number of carbonyl (C=O) groups excluding carboxylic acids is 5. The lowest BCUT2D eigenvalue weighted by Crippen LogP contribution is -2.67. The van der Waals surface area contributed by atoms with E-state index in [4.69, 9.17) is 61.6 Å². The number of nitrogens with one attached hydrogen (secondary N) is 1. The molecule has 6 N–H and O–H groups in total. The Hall–Kier alpha value is -4.85. The van der Waals surface area contributed by atoms with Crippen LogP contribution in [0.3, 0.4) is 0 Å². The number of rotatable bonds is 15. The van der Waals surface area contributed by atoms with Gasteiger partial charge in [0.1, 0.15) is 23.5 Å². The molecular weight excluding hydrogens is 1250 g/mol. The normalized spacial score (nSPS) is 45.9. The monoisotopic (exact) mass is 1350 g/mol. The maximum atomic E-state index is 15.8. The minimum Gasteiger partial charge on any atom is -0.762 e. The van der Waals surface area contributed by atoms with E-state index < -0.39 is 198 Å². The molecule has 2 bridgehead atoms. The topological polar surface area (TPSA) is 345 Å². The number of aliphatic hydroxyl groups excluding tert-OH is 4. The molecule has 0 aromatic rings. The van der Waals surface area contributed by atoms with Gasteiger partial charge in [-0.2, -0.15) is 0 Å². The molecule has 1 spiro atoms. The van der Waals surface area contributed by atoms with Crippen molar-refractivity contribution in [3.05, 3.63) is 75.8 Å². The second-order valence-corrected chi connectivity index (χ2v) is 29.1. The van der Waals surface area contributed by atoms with Gasteiger partial charge < -0.3 is 97.7 Å². The number of hydrogen-bond acceptors (Lipinski definition) is 25. The maximum absolute atomic E-state index is 15.8. The third-order valence-corrected chi connectivity index (χ3v) is 22.1. The Morgan fingerprint density at radius 1 is 0.708 bits per heavy atom. The van der Waals surface area contributed by atoms with Gasteiger partial charge in [0, 0.05) is 62.7 Å². The summed E-state index contributed by atoms with van der Waals surface area (Å²) in [6.07, 6.45) is -1.15. The second-order valence-electron chi connectivity index (χ2n) is 29.1. The van der Waals surface area contributed by atoms with Crippen LogP contribution in [0.4, 0.5) is 4.79 Å². The lowest BCUT2D eigenvalue weighted by molar-refractivity contribution is -0.331. The summed E-state index contributed by atoms with van der Waals surface area (Å²) in [7, 11) is 1.17. The van der Waals surface area contributed by atoms with Crippen LogP contribution in [0.1, 0.15) is 154 Å². The van der Waals surface area contributed by atoms with Crippen molar-refractivity contribution in [1.82, 2.24) is 10.5 Å². The van der Waals surface area contributed by atoms with Crippen molar-refractivity contribution >= 4 is 29.6 Å². The third kappa shape index (κ3) is 15.0. The van der Waals surface area contributed by atoms with Gasteiger partial charge in [0.05, 0.1) is 91.8 Å². The first-order valence-corrected chi connectivity index (χ1v) is 34.2. The summed E-state index contributed by atoms with van der Waals surface area (Å²) in [6.45, 7) is 22.6. The molecule has 6 saturated heterocycles. The Labute approximate surface area is 561 Å². The highest BCUT2D eigenvalue weighted by molar-refractivity contribution is 6.26. The first-order valence-electron chi connectivity index (χ1n) is 34.2. The summed E-state index contributed by atoms with van der Waals surface area (Å²) in [5.74, 6) is -6.57. The lowest BCUT2D eigenvalue weighted by atomic mass is 9.49. The van der Waals surface area contributed by atoms with Gasteiger partial charge in [0.2, 0.25) is 5.78 Å². The van der Waals surface area contributed by atoms with Gasteiger partial charge in [0.25, 0.3) is 0 Å². The predicted octanol–water partition coefficient (Wildman–Crippen LogP) is 7.22. The number of hydrogen-bond donors (Lipinski definition) is 6.